The molecule has 118 valence electrons. The van der Waals surface area contributed by atoms with Crippen LogP contribution < -0.4 is 11.1 Å². The second kappa shape index (κ2) is 9.53. The van der Waals surface area contributed by atoms with Crippen molar-refractivity contribution in [3.05, 3.63) is 35.9 Å². The van der Waals surface area contributed by atoms with Crippen LogP contribution in [-0.4, -0.2) is 26.2 Å². The van der Waals surface area contributed by atoms with Gasteiger partial charge in [-0.25, -0.2) is 0 Å². The Balaban J connectivity index is 2.54. The van der Waals surface area contributed by atoms with Gasteiger partial charge in [0.05, 0.1) is 6.61 Å². The van der Waals surface area contributed by atoms with Gasteiger partial charge in [-0.05, 0) is 19.0 Å². The summed E-state index contributed by atoms with van der Waals surface area (Å²) in [7, 11) is 1.74. The van der Waals surface area contributed by atoms with E-state index in [1.807, 2.05) is 30.3 Å². The Labute approximate surface area is 128 Å². The van der Waals surface area contributed by atoms with E-state index in [0.717, 1.165) is 12.0 Å². The van der Waals surface area contributed by atoms with Gasteiger partial charge in [0.15, 0.2) is 0 Å². The van der Waals surface area contributed by atoms with Crippen molar-refractivity contribution in [2.75, 3.05) is 20.3 Å². The molecule has 0 aliphatic carbocycles. The number of carbonyl (C=O) groups excluding carboxylic acids is 1. The number of benzene rings is 1. The number of primary amides is 1. The summed E-state index contributed by atoms with van der Waals surface area (Å²) in [6, 6.07) is 9.50. The lowest BCUT2D eigenvalue weighted by Crippen LogP contribution is -2.54. The molecule has 0 bridgehead atoms. The molecule has 0 spiro atoms. The van der Waals surface area contributed by atoms with Crippen molar-refractivity contribution >= 4 is 5.91 Å². The van der Waals surface area contributed by atoms with Gasteiger partial charge in [-0.2, -0.15) is 0 Å². The number of carbonyl (C=O) groups is 1. The standard InChI is InChI=1S/C17H28N2O2/c1-3-4-5-6-10-13-21-14-17(19-2,16(18)20)15-11-8-7-9-12-15/h7-9,11-12,19H,3-6,10,13-14H2,1-2H3,(H2,18,20). The number of rotatable bonds is 11. The van der Waals surface area contributed by atoms with Crippen LogP contribution in [0.2, 0.25) is 0 Å². The highest BCUT2D eigenvalue weighted by Crippen LogP contribution is 2.21. The minimum atomic E-state index is -0.954. The summed E-state index contributed by atoms with van der Waals surface area (Å²) in [5.41, 5.74) is 5.50. The molecular weight excluding hydrogens is 264 g/mol. The van der Waals surface area contributed by atoms with Crippen LogP contribution in [0.15, 0.2) is 30.3 Å². The molecule has 1 aromatic rings. The second-order valence-corrected chi connectivity index (χ2v) is 5.35. The lowest BCUT2D eigenvalue weighted by Gasteiger charge is -2.30. The van der Waals surface area contributed by atoms with Crippen molar-refractivity contribution in [3.63, 3.8) is 0 Å². The van der Waals surface area contributed by atoms with Crippen molar-refractivity contribution in [3.8, 4) is 0 Å². The zero-order valence-electron chi connectivity index (χ0n) is 13.2. The van der Waals surface area contributed by atoms with Gasteiger partial charge in [-0.1, -0.05) is 62.9 Å². The number of hydrogen-bond donors (Lipinski definition) is 2. The van der Waals surface area contributed by atoms with Crippen molar-refractivity contribution in [1.29, 1.82) is 0 Å². The summed E-state index contributed by atoms with van der Waals surface area (Å²) >= 11 is 0. The quantitative estimate of drug-likeness (QED) is 0.616. The predicted molar refractivity (Wildman–Crippen MR) is 86.0 cm³/mol. The van der Waals surface area contributed by atoms with Crippen LogP contribution in [0.1, 0.15) is 44.6 Å². The third-order valence-electron chi connectivity index (χ3n) is 3.82. The molecule has 0 radical (unpaired) electrons. The van der Waals surface area contributed by atoms with Gasteiger partial charge in [0.1, 0.15) is 5.54 Å². The smallest absolute Gasteiger partial charge is 0.244 e. The number of nitrogens with one attached hydrogen (secondary N) is 1. The molecule has 0 aliphatic rings. The van der Waals surface area contributed by atoms with Crippen LogP contribution in [0.4, 0.5) is 0 Å². The fourth-order valence-corrected chi connectivity index (χ4v) is 2.39. The second-order valence-electron chi connectivity index (χ2n) is 5.35. The molecule has 0 heterocycles. The fraction of sp³-hybridized carbons (Fsp3) is 0.588. The Morgan fingerprint density at radius 3 is 2.43 bits per heavy atom. The molecule has 1 unspecified atom stereocenters. The third kappa shape index (κ3) is 5.14. The maximum Gasteiger partial charge on any atom is 0.244 e. The third-order valence-corrected chi connectivity index (χ3v) is 3.82. The molecule has 4 heteroatoms. The van der Waals surface area contributed by atoms with Gasteiger partial charge in [-0.15, -0.1) is 0 Å². The molecule has 1 aromatic carbocycles. The van der Waals surface area contributed by atoms with Crippen LogP contribution in [0.5, 0.6) is 0 Å². The van der Waals surface area contributed by atoms with Gasteiger partial charge >= 0.3 is 0 Å². The maximum absolute atomic E-state index is 11.9. The SMILES string of the molecule is CCCCCCCOCC(NC)(C(N)=O)c1ccccc1. The zero-order valence-corrected chi connectivity index (χ0v) is 13.2. The van der Waals surface area contributed by atoms with E-state index >= 15 is 0 Å². The summed E-state index contributed by atoms with van der Waals surface area (Å²) in [5, 5.41) is 3.04. The van der Waals surface area contributed by atoms with E-state index in [1.165, 1.54) is 25.7 Å². The number of nitrogens with two attached hydrogens (primary N) is 1. The van der Waals surface area contributed by atoms with Crippen molar-refractivity contribution < 1.29 is 9.53 Å². The molecule has 0 saturated carbocycles. The highest BCUT2D eigenvalue weighted by atomic mass is 16.5. The average Bonchev–Trinajstić information content (AvgIpc) is 2.51. The highest BCUT2D eigenvalue weighted by molar-refractivity contribution is 5.86. The van der Waals surface area contributed by atoms with Crippen LogP contribution in [0.3, 0.4) is 0 Å². The first kappa shape index (κ1) is 17.7. The number of hydrogen-bond acceptors (Lipinski definition) is 3. The minimum absolute atomic E-state index is 0.261. The van der Waals surface area contributed by atoms with E-state index in [-0.39, 0.29) is 6.61 Å². The molecule has 1 rings (SSSR count). The van der Waals surface area contributed by atoms with E-state index in [2.05, 4.69) is 12.2 Å². The Hall–Kier alpha value is -1.39. The first-order valence-corrected chi connectivity index (χ1v) is 7.79. The Bertz CT molecular complexity index is 409. The molecule has 4 nitrogen and oxygen atoms in total. The number of likely N-dealkylation sites (N-methyl/N-ethyl adjacent to an activating group) is 1. The van der Waals surface area contributed by atoms with Gasteiger partial charge < -0.3 is 15.8 Å². The van der Waals surface area contributed by atoms with E-state index in [4.69, 9.17) is 10.5 Å². The van der Waals surface area contributed by atoms with Gasteiger partial charge in [0.25, 0.3) is 0 Å². The molecule has 0 aromatic heterocycles. The summed E-state index contributed by atoms with van der Waals surface area (Å²) < 4.78 is 5.72. The summed E-state index contributed by atoms with van der Waals surface area (Å²) in [6.45, 7) is 3.12. The Kier molecular flexibility index (Phi) is 8.01. The van der Waals surface area contributed by atoms with Crippen LogP contribution in [0.25, 0.3) is 0 Å². The number of amides is 1. The first-order chi connectivity index (χ1) is 10.2. The lowest BCUT2D eigenvalue weighted by molar-refractivity contribution is -0.127. The summed E-state index contributed by atoms with van der Waals surface area (Å²) in [4.78, 5) is 11.9. The highest BCUT2D eigenvalue weighted by Gasteiger charge is 2.37. The van der Waals surface area contributed by atoms with E-state index in [0.29, 0.717) is 6.61 Å². The normalized spacial score (nSPS) is 13.8. The monoisotopic (exact) mass is 292 g/mol. The van der Waals surface area contributed by atoms with Crippen molar-refractivity contribution in [1.82, 2.24) is 5.32 Å². The lowest BCUT2D eigenvalue weighted by atomic mass is 9.90. The molecule has 0 fully saturated rings. The molecule has 21 heavy (non-hydrogen) atoms. The number of ether oxygens (including phenoxy) is 1. The zero-order chi connectivity index (χ0) is 15.6. The molecular formula is C17H28N2O2. The number of unbranched alkanes of at least 4 members (excludes halogenated alkanes) is 4. The van der Waals surface area contributed by atoms with Gasteiger partial charge in [-0.3, -0.25) is 4.79 Å². The van der Waals surface area contributed by atoms with E-state index in [9.17, 15) is 4.79 Å². The van der Waals surface area contributed by atoms with Crippen LogP contribution >= 0.6 is 0 Å². The maximum atomic E-state index is 11.9. The minimum Gasteiger partial charge on any atom is -0.379 e. The predicted octanol–water partition coefficient (Wildman–Crippen LogP) is 2.57. The van der Waals surface area contributed by atoms with Crippen molar-refractivity contribution in [2.24, 2.45) is 5.73 Å². The average molecular weight is 292 g/mol. The van der Waals surface area contributed by atoms with Crippen molar-refractivity contribution in [2.45, 2.75) is 44.6 Å². The topological polar surface area (TPSA) is 64.3 Å². The first-order valence-electron chi connectivity index (χ1n) is 7.79. The fourth-order valence-electron chi connectivity index (χ4n) is 2.39. The molecule has 1 atom stereocenters. The largest absolute Gasteiger partial charge is 0.379 e. The van der Waals surface area contributed by atoms with E-state index < -0.39 is 11.4 Å². The van der Waals surface area contributed by atoms with Gasteiger partial charge in [0, 0.05) is 6.61 Å². The molecule has 0 saturated heterocycles. The van der Waals surface area contributed by atoms with Crippen LogP contribution in [0, 0.1) is 0 Å². The van der Waals surface area contributed by atoms with E-state index in [1.54, 1.807) is 7.05 Å². The Morgan fingerprint density at radius 2 is 1.86 bits per heavy atom. The molecule has 3 N–H and O–H groups in total. The molecule has 0 aliphatic heterocycles. The summed E-state index contributed by atoms with van der Waals surface area (Å²) in [5.74, 6) is -0.415. The molecule has 1 amide bonds. The Morgan fingerprint density at radius 1 is 1.19 bits per heavy atom. The van der Waals surface area contributed by atoms with Gasteiger partial charge in [0.2, 0.25) is 5.91 Å². The van der Waals surface area contributed by atoms with Crippen LogP contribution in [-0.2, 0) is 15.1 Å². The summed E-state index contributed by atoms with van der Waals surface area (Å²) in [6.07, 6.45) is 5.94.